The number of benzene rings is 5. The highest BCUT2D eigenvalue weighted by Gasteiger charge is 2.28. The summed E-state index contributed by atoms with van der Waals surface area (Å²) >= 11 is 0. The zero-order chi connectivity index (χ0) is 30.2. The highest BCUT2D eigenvalue weighted by molar-refractivity contribution is 7.73. The molecule has 3 heteroatoms. The van der Waals surface area contributed by atoms with Crippen LogP contribution in [0.2, 0.25) is 0 Å². The minimum Gasteiger partial charge on any atom is -0.282 e. The number of aliphatic imine (C=N–C) groups is 2. The van der Waals surface area contributed by atoms with Gasteiger partial charge in [0.25, 0.3) is 0 Å². The van der Waals surface area contributed by atoms with Gasteiger partial charge in [0, 0.05) is 23.1 Å². The predicted octanol–water partition coefficient (Wildman–Crippen LogP) is 9.56. The van der Waals surface area contributed by atoms with Crippen LogP contribution in [-0.2, 0) is 0 Å². The van der Waals surface area contributed by atoms with E-state index in [0.29, 0.717) is 5.92 Å². The van der Waals surface area contributed by atoms with Gasteiger partial charge in [0.05, 0.1) is 17.1 Å². The second kappa shape index (κ2) is 12.0. The smallest absolute Gasteiger partial charge is 0.0974 e. The lowest BCUT2D eigenvalue weighted by atomic mass is 9.98. The lowest BCUT2D eigenvalue weighted by molar-refractivity contribution is 0.865. The number of rotatable bonds is 7. The first-order valence-corrected chi connectivity index (χ1v) is 16.9. The molecular weight excluding hydrogens is 539 g/mol. The maximum Gasteiger partial charge on any atom is 0.0974 e. The van der Waals surface area contributed by atoms with Crippen LogP contribution in [0.4, 0.5) is 5.69 Å². The molecule has 0 radical (unpaired) electrons. The minimum atomic E-state index is -0.567. The van der Waals surface area contributed by atoms with Crippen LogP contribution >= 0.6 is 7.92 Å². The fraction of sp³-hybridized carbons (Fsp3) is 0.250. The van der Waals surface area contributed by atoms with Crippen LogP contribution in [0.15, 0.2) is 101 Å². The molecule has 0 bridgehead atoms. The van der Waals surface area contributed by atoms with E-state index in [2.05, 4.69) is 139 Å². The molecule has 5 aromatic carbocycles. The molecule has 0 spiro atoms. The van der Waals surface area contributed by atoms with Crippen molar-refractivity contribution in [2.45, 2.75) is 54.4 Å². The van der Waals surface area contributed by atoms with E-state index in [1.54, 1.807) is 0 Å². The van der Waals surface area contributed by atoms with E-state index in [9.17, 15) is 0 Å². The van der Waals surface area contributed by atoms with E-state index >= 15 is 0 Å². The van der Waals surface area contributed by atoms with Crippen molar-refractivity contribution >= 4 is 46.4 Å². The zero-order valence-electron chi connectivity index (χ0n) is 26.5. The SMILES string of the molecule is Cc1cc(C)cc(P(CC/N=C2/C(=N/c3c(C)cccc3C(C)C)c3cccc4cccc2c34)c2cc(C)cc(C)c2)c1. The van der Waals surface area contributed by atoms with Gasteiger partial charge >= 0.3 is 0 Å². The van der Waals surface area contributed by atoms with Crippen LogP contribution < -0.4 is 10.6 Å². The van der Waals surface area contributed by atoms with Crippen molar-refractivity contribution in [3.8, 4) is 0 Å². The molecular formula is C40H41N2P. The fourth-order valence-electron chi connectivity index (χ4n) is 6.56. The lowest BCUT2D eigenvalue weighted by Crippen LogP contribution is -2.18. The van der Waals surface area contributed by atoms with Gasteiger partial charge in [-0.3, -0.25) is 4.99 Å². The van der Waals surface area contributed by atoms with Crippen LogP contribution in [0.5, 0.6) is 0 Å². The summed E-state index contributed by atoms with van der Waals surface area (Å²) in [5, 5.41) is 5.39. The normalized spacial score (nSPS) is 14.6. The van der Waals surface area contributed by atoms with Crippen LogP contribution in [0.1, 0.15) is 64.3 Å². The van der Waals surface area contributed by atoms with Gasteiger partial charge in [0.15, 0.2) is 0 Å². The molecule has 0 unspecified atom stereocenters. The minimum absolute atomic E-state index is 0.387. The van der Waals surface area contributed by atoms with Gasteiger partial charge in [-0.15, -0.1) is 0 Å². The fourth-order valence-corrected chi connectivity index (χ4v) is 9.11. The molecule has 0 saturated carbocycles. The Morgan fingerprint density at radius 1 is 0.628 bits per heavy atom. The van der Waals surface area contributed by atoms with Gasteiger partial charge < -0.3 is 0 Å². The molecule has 0 amide bonds. The van der Waals surface area contributed by atoms with Gasteiger partial charge in [0.1, 0.15) is 0 Å². The van der Waals surface area contributed by atoms with Crippen molar-refractivity contribution in [2.24, 2.45) is 9.98 Å². The standard InChI is InChI=1S/C40H41N2P/c1-25(2)34-14-8-11-30(7)38(34)42-40-36-16-10-13-31-12-9-15-35(37(31)36)39(40)41-17-18-43(32-21-26(3)19-27(4)22-32)33-23-28(5)20-29(6)24-33/h8-16,19-25H,17-18H2,1-7H3/b41-39+,42-40+. The summed E-state index contributed by atoms with van der Waals surface area (Å²) in [6.07, 6.45) is 0.992. The van der Waals surface area contributed by atoms with Crippen molar-refractivity contribution < 1.29 is 0 Å². The van der Waals surface area contributed by atoms with Crippen LogP contribution in [-0.4, -0.2) is 24.1 Å². The van der Waals surface area contributed by atoms with Gasteiger partial charge in [-0.25, -0.2) is 4.99 Å². The first kappa shape index (κ1) is 29.2. The molecule has 0 atom stereocenters. The van der Waals surface area contributed by atoms with Gasteiger partial charge in [-0.1, -0.05) is 127 Å². The Morgan fingerprint density at radius 3 is 1.72 bits per heavy atom. The van der Waals surface area contributed by atoms with Gasteiger partial charge in [0.2, 0.25) is 0 Å². The van der Waals surface area contributed by atoms with Crippen molar-refractivity contribution in [3.63, 3.8) is 0 Å². The Hall–Kier alpha value is -3.87. The summed E-state index contributed by atoms with van der Waals surface area (Å²) in [6.45, 7) is 16.3. The number of para-hydroxylation sites is 1. The summed E-state index contributed by atoms with van der Waals surface area (Å²) in [6, 6.07) is 33.8. The van der Waals surface area contributed by atoms with Crippen molar-refractivity contribution in [2.75, 3.05) is 12.7 Å². The van der Waals surface area contributed by atoms with Crippen LogP contribution in [0.25, 0.3) is 10.8 Å². The zero-order valence-corrected chi connectivity index (χ0v) is 27.4. The second-order valence-electron chi connectivity index (χ2n) is 12.4. The number of hydrogen-bond donors (Lipinski definition) is 0. The monoisotopic (exact) mass is 580 g/mol. The summed E-state index contributed by atoms with van der Waals surface area (Å²) < 4.78 is 0. The first-order valence-electron chi connectivity index (χ1n) is 15.4. The van der Waals surface area contributed by atoms with Crippen molar-refractivity contribution in [3.05, 3.63) is 136 Å². The van der Waals surface area contributed by atoms with E-state index in [1.807, 2.05) is 0 Å². The van der Waals surface area contributed by atoms with E-state index in [1.165, 1.54) is 65.9 Å². The summed E-state index contributed by atoms with van der Waals surface area (Å²) in [7, 11) is -0.567. The molecule has 1 aliphatic carbocycles. The summed E-state index contributed by atoms with van der Waals surface area (Å²) in [5.41, 5.74) is 13.3. The average molecular weight is 581 g/mol. The Labute approximate surface area is 258 Å². The average Bonchev–Trinajstić information content (AvgIpc) is 3.24. The Morgan fingerprint density at radius 2 is 1.16 bits per heavy atom. The van der Waals surface area contributed by atoms with Crippen molar-refractivity contribution in [1.82, 2.24) is 0 Å². The third kappa shape index (κ3) is 5.86. The van der Waals surface area contributed by atoms with E-state index in [-0.39, 0.29) is 0 Å². The molecule has 5 aromatic rings. The van der Waals surface area contributed by atoms with E-state index < -0.39 is 7.92 Å². The largest absolute Gasteiger partial charge is 0.282 e. The topological polar surface area (TPSA) is 24.7 Å². The van der Waals surface area contributed by atoms with E-state index in [0.717, 1.165) is 29.8 Å². The Bertz CT molecular complexity index is 1810. The number of aryl methyl sites for hydroxylation is 5. The van der Waals surface area contributed by atoms with Gasteiger partial charge in [-0.2, -0.15) is 0 Å². The van der Waals surface area contributed by atoms with Crippen LogP contribution in [0, 0.1) is 34.6 Å². The molecule has 0 saturated heterocycles. The highest BCUT2D eigenvalue weighted by atomic mass is 31.1. The summed E-state index contributed by atoms with van der Waals surface area (Å²) in [4.78, 5) is 10.9. The molecule has 6 rings (SSSR count). The molecule has 2 nitrogen and oxygen atoms in total. The lowest BCUT2D eigenvalue weighted by Gasteiger charge is -2.20. The molecule has 0 N–H and O–H groups in total. The number of hydrogen-bond acceptors (Lipinski definition) is 2. The maximum absolute atomic E-state index is 5.45. The van der Waals surface area contributed by atoms with Crippen molar-refractivity contribution in [1.29, 1.82) is 0 Å². The molecule has 0 fully saturated rings. The molecule has 43 heavy (non-hydrogen) atoms. The second-order valence-corrected chi connectivity index (χ2v) is 14.7. The predicted molar refractivity (Wildman–Crippen MR) is 190 cm³/mol. The third-order valence-corrected chi connectivity index (χ3v) is 10.8. The maximum atomic E-state index is 5.45. The molecule has 0 aliphatic heterocycles. The third-order valence-electron chi connectivity index (χ3n) is 8.38. The molecule has 1 aliphatic rings. The van der Waals surface area contributed by atoms with Crippen LogP contribution in [0.3, 0.4) is 0 Å². The van der Waals surface area contributed by atoms with E-state index in [4.69, 9.17) is 9.98 Å². The number of nitrogens with zero attached hydrogens (tertiary/aromatic N) is 2. The Balaban J connectivity index is 1.46. The summed E-state index contributed by atoms with van der Waals surface area (Å²) in [5.74, 6) is 0.387. The molecule has 0 heterocycles. The quantitative estimate of drug-likeness (QED) is 0.171. The highest BCUT2D eigenvalue weighted by Crippen LogP contribution is 2.38. The Kier molecular flexibility index (Phi) is 8.17. The molecule has 216 valence electrons. The van der Waals surface area contributed by atoms with Gasteiger partial charge in [-0.05, 0) is 81.7 Å². The molecule has 0 aromatic heterocycles. The first-order chi connectivity index (χ1) is 20.7.